The highest BCUT2D eigenvalue weighted by Crippen LogP contribution is 2.30. The Morgan fingerprint density at radius 3 is 2.33 bits per heavy atom. The van der Waals surface area contributed by atoms with Crippen LogP contribution in [-0.4, -0.2) is 21.1 Å². The third-order valence-corrected chi connectivity index (χ3v) is 2.54. The Labute approximate surface area is 118 Å². The SMILES string of the molecule is O=C(O)c1ccc(N=Nc2ccc(O)cc2)c([N+](=O)[O-])c1. The normalized spacial score (nSPS) is 10.7. The minimum Gasteiger partial charge on any atom is -0.508 e. The highest BCUT2D eigenvalue weighted by atomic mass is 16.6. The van der Waals surface area contributed by atoms with E-state index in [-0.39, 0.29) is 17.0 Å². The van der Waals surface area contributed by atoms with E-state index in [1.54, 1.807) is 0 Å². The lowest BCUT2D eigenvalue weighted by molar-refractivity contribution is -0.384. The molecule has 0 aliphatic carbocycles. The van der Waals surface area contributed by atoms with E-state index in [2.05, 4.69) is 10.2 Å². The molecule has 2 aromatic carbocycles. The van der Waals surface area contributed by atoms with Crippen molar-refractivity contribution in [1.82, 2.24) is 0 Å². The van der Waals surface area contributed by atoms with Crippen LogP contribution in [0, 0.1) is 10.1 Å². The molecule has 8 nitrogen and oxygen atoms in total. The van der Waals surface area contributed by atoms with Gasteiger partial charge in [0.1, 0.15) is 5.75 Å². The molecule has 0 aliphatic rings. The predicted molar refractivity (Wildman–Crippen MR) is 72.3 cm³/mol. The van der Waals surface area contributed by atoms with Crippen LogP contribution in [0.5, 0.6) is 5.75 Å². The van der Waals surface area contributed by atoms with E-state index in [0.29, 0.717) is 5.69 Å². The molecule has 0 aliphatic heterocycles. The highest BCUT2D eigenvalue weighted by molar-refractivity contribution is 5.89. The van der Waals surface area contributed by atoms with Crippen LogP contribution < -0.4 is 0 Å². The average Bonchev–Trinajstić information content (AvgIpc) is 2.46. The molecule has 0 heterocycles. The Bertz CT molecular complexity index is 725. The number of carboxylic acids is 1. The number of carboxylic acid groups (broad SMARTS) is 1. The summed E-state index contributed by atoms with van der Waals surface area (Å²) >= 11 is 0. The second-order valence-corrected chi connectivity index (χ2v) is 3.98. The number of aromatic carboxylic acids is 1. The fraction of sp³-hybridized carbons (Fsp3) is 0. The summed E-state index contributed by atoms with van der Waals surface area (Å²) in [5, 5.41) is 36.4. The summed E-state index contributed by atoms with van der Waals surface area (Å²) in [7, 11) is 0. The molecule has 0 saturated carbocycles. The van der Waals surface area contributed by atoms with Crippen molar-refractivity contribution in [3.63, 3.8) is 0 Å². The number of aromatic hydroxyl groups is 1. The van der Waals surface area contributed by atoms with E-state index in [0.717, 1.165) is 6.07 Å². The Morgan fingerprint density at radius 2 is 1.76 bits per heavy atom. The van der Waals surface area contributed by atoms with E-state index in [1.807, 2.05) is 0 Å². The van der Waals surface area contributed by atoms with Crippen LogP contribution in [0.15, 0.2) is 52.7 Å². The smallest absolute Gasteiger partial charge is 0.335 e. The molecular weight excluding hydrogens is 278 g/mol. The van der Waals surface area contributed by atoms with Gasteiger partial charge in [-0.15, -0.1) is 5.11 Å². The first-order valence-corrected chi connectivity index (χ1v) is 5.70. The van der Waals surface area contributed by atoms with Crippen molar-refractivity contribution >= 4 is 23.0 Å². The Morgan fingerprint density at radius 1 is 1.10 bits per heavy atom. The van der Waals surface area contributed by atoms with Crippen molar-refractivity contribution in [1.29, 1.82) is 0 Å². The molecule has 2 rings (SSSR count). The lowest BCUT2D eigenvalue weighted by Crippen LogP contribution is -1.97. The minimum atomic E-state index is -1.26. The van der Waals surface area contributed by atoms with Gasteiger partial charge in [-0.1, -0.05) is 0 Å². The molecule has 0 spiro atoms. The number of carbonyl (C=O) groups is 1. The summed E-state index contributed by atoms with van der Waals surface area (Å²) in [6.07, 6.45) is 0. The van der Waals surface area contributed by atoms with Crippen LogP contribution in [0.4, 0.5) is 17.1 Å². The maximum absolute atomic E-state index is 10.9. The standard InChI is InChI=1S/C13H9N3O5/c17-10-4-2-9(3-5-10)14-15-11-6-1-8(13(18)19)7-12(11)16(20)21/h1-7,17H,(H,18,19). The molecule has 0 amide bonds. The monoisotopic (exact) mass is 287 g/mol. The summed E-state index contributed by atoms with van der Waals surface area (Å²) in [6, 6.07) is 9.11. The van der Waals surface area contributed by atoms with E-state index < -0.39 is 16.6 Å². The minimum absolute atomic E-state index is 0.0573. The first-order chi connectivity index (χ1) is 9.97. The number of hydrogen-bond acceptors (Lipinski definition) is 6. The van der Waals surface area contributed by atoms with Crippen molar-refractivity contribution < 1.29 is 19.9 Å². The molecule has 0 unspecified atom stereocenters. The van der Waals surface area contributed by atoms with Gasteiger partial charge in [-0.3, -0.25) is 10.1 Å². The van der Waals surface area contributed by atoms with Gasteiger partial charge in [-0.25, -0.2) is 4.79 Å². The van der Waals surface area contributed by atoms with Gasteiger partial charge >= 0.3 is 5.97 Å². The number of nitro benzene ring substituents is 1. The number of hydrogen-bond donors (Lipinski definition) is 2. The zero-order valence-electron chi connectivity index (χ0n) is 10.5. The van der Waals surface area contributed by atoms with Crippen LogP contribution in [-0.2, 0) is 0 Å². The average molecular weight is 287 g/mol. The van der Waals surface area contributed by atoms with E-state index in [4.69, 9.17) is 10.2 Å². The van der Waals surface area contributed by atoms with Crippen LogP contribution in [0.1, 0.15) is 10.4 Å². The van der Waals surface area contributed by atoms with E-state index >= 15 is 0 Å². The fourth-order valence-corrected chi connectivity index (χ4v) is 1.52. The fourth-order valence-electron chi connectivity index (χ4n) is 1.52. The van der Waals surface area contributed by atoms with E-state index in [9.17, 15) is 14.9 Å². The summed E-state index contributed by atoms with van der Waals surface area (Å²) in [5.74, 6) is -1.20. The van der Waals surface area contributed by atoms with Gasteiger partial charge in [0.2, 0.25) is 0 Å². The summed E-state index contributed by atoms with van der Waals surface area (Å²) in [5.41, 5.74) is -0.315. The van der Waals surface area contributed by atoms with Crippen molar-refractivity contribution in [2.75, 3.05) is 0 Å². The third-order valence-electron chi connectivity index (χ3n) is 2.54. The topological polar surface area (TPSA) is 125 Å². The van der Waals surface area contributed by atoms with Crippen LogP contribution in [0.2, 0.25) is 0 Å². The van der Waals surface area contributed by atoms with Gasteiger partial charge in [0.05, 0.1) is 16.2 Å². The number of benzene rings is 2. The van der Waals surface area contributed by atoms with Crippen molar-refractivity contribution in [3.8, 4) is 5.75 Å². The lowest BCUT2D eigenvalue weighted by Gasteiger charge is -1.99. The molecule has 0 bridgehead atoms. The molecule has 0 fully saturated rings. The molecule has 106 valence electrons. The molecule has 2 aromatic rings. The van der Waals surface area contributed by atoms with Crippen LogP contribution in [0.25, 0.3) is 0 Å². The van der Waals surface area contributed by atoms with Crippen LogP contribution >= 0.6 is 0 Å². The Hall–Kier alpha value is -3.29. The zero-order valence-corrected chi connectivity index (χ0v) is 10.5. The van der Waals surface area contributed by atoms with Gasteiger partial charge in [-0.05, 0) is 36.4 Å². The second kappa shape index (κ2) is 5.78. The predicted octanol–water partition coefficient (Wildman–Crippen LogP) is 3.41. The number of phenolic OH excluding ortho intramolecular Hbond substituents is 1. The number of phenols is 1. The van der Waals surface area contributed by atoms with Crippen molar-refractivity contribution in [2.45, 2.75) is 0 Å². The highest BCUT2D eigenvalue weighted by Gasteiger charge is 2.17. The van der Waals surface area contributed by atoms with Gasteiger partial charge in [0, 0.05) is 6.07 Å². The van der Waals surface area contributed by atoms with Crippen LogP contribution in [0.3, 0.4) is 0 Å². The molecule has 2 N–H and O–H groups in total. The maximum atomic E-state index is 10.9. The van der Waals surface area contributed by atoms with Crippen molar-refractivity contribution in [2.24, 2.45) is 10.2 Å². The molecular formula is C13H9N3O5. The molecule has 0 radical (unpaired) electrons. The Balaban J connectivity index is 2.37. The van der Waals surface area contributed by atoms with E-state index in [1.165, 1.54) is 36.4 Å². The summed E-state index contributed by atoms with van der Waals surface area (Å²) < 4.78 is 0. The summed E-state index contributed by atoms with van der Waals surface area (Å²) in [6.45, 7) is 0. The Kier molecular flexibility index (Phi) is 3.89. The first-order valence-electron chi connectivity index (χ1n) is 5.70. The molecule has 21 heavy (non-hydrogen) atoms. The van der Waals surface area contributed by atoms with Gasteiger partial charge in [0.15, 0.2) is 5.69 Å². The van der Waals surface area contributed by atoms with Gasteiger partial charge in [-0.2, -0.15) is 5.11 Å². The number of rotatable bonds is 4. The number of nitro groups is 1. The largest absolute Gasteiger partial charge is 0.508 e. The lowest BCUT2D eigenvalue weighted by atomic mass is 10.2. The number of azo groups is 1. The third kappa shape index (κ3) is 3.38. The molecule has 0 atom stereocenters. The van der Waals surface area contributed by atoms with Crippen molar-refractivity contribution in [3.05, 3.63) is 58.1 Å². The molecule has 8 heteroatoms. The first kappa shape index (κ1) is 14.1. The maximum Gasteiger partial charge on any atom is 0.335 e. The molecule has 0 saturated heterocycles. The number of nitrogens with zero attached hydrogens (tertiary/aromatic N) is 3. The summed E-state index contributed by atoms with van der Waals surface area (Å²) in [4.78, 5) is 21.0. The van der Waals surface area contributed by atoms with Gasteiger partial charge in [0.25, 0.3) is 5.69 Å². The second-order valence-electron chi connectivity index (χ2n) is 3.98. The van der Waals surface area contributed by atoms with Gasteiger partial charge < -0.3 is 10.2 Å². The molecule has 0 aromatic heterocycles. The quantitative estimate of drug-likeness (QED) is 0.506. The zero-order chi connectivity index (χ0) is 15.4.